The summed E-state index contributed by atoms with van der Waals surface area (Å²) in [6, 6.07) is 11.8. The Labute approximate surface area is 245 Å². The molecule has 1 aromatic heterocycles. The number of fused-ring (bicyclic) bond motifs is 2. The van der Waals surface area contributed by atoms with Gasteiger partial charge in [0, 0.05) is 49.8 Å². The predicted octanol–water partition coefficient (Wildman–Crippen LogP) is 5.40. The molecule has 5 rings (SSSR count). The van der Waals surface area contributed by atoms with E-state index < -0.39 is 5.97 Å². The van der Waals surface area contributed by atoms with Crippen LogP contribution in [0.25, 0.3) is 11.3 Å². The number of piperidine rings is 1. The Hall–Kier alpha value is -3.43. The number of ether oxygens (including phenoxy) is 1. The largest absolute Gasteiger partial charge is 0.488 e. The second-order valence-corrected chi connectivity index (χ2v) is 12.3. The topological polar surface area (TPSA) is 103 Å². The molecule has 1 amide bonds. The lowest BCUT2D eigenvalue weighted by Gasteiger charge is -2.45. The minimum absolute atomic E-state index is 0.0581. The minimum atomic E-state index is -0.650. The molecule has 1 saturated heterocycles. The first-order chi connectivity index (χ1) is 19.7. The standard InChI is InChI=1S/C32H39N3O5S/c1-20-8-11-28(40-18-25-10-9-22(15-21(25)2)30(37)34(3)12-5-13-36)26(14-20)27-19-41-32(33-27)35-16-23-6-4-7-24(17-35)29(23)31(38)39/h8-11,14-15,19,23-24,29,36H,4-7,12-13,16-18H2,1-3H3,(H,38,39)/t23-,24-/m0/s1. The average molecular weight is 578 g/mol. The summed E-state index contributed by atoms with van der Waals surface area (Å²) in [7, 11) is 1.75. The number of aliphatic carboxylic acids is 1. The van der Waals surface area contributed by atoms with Crippen LogP contribution < -0.4 is 9.64 Å². The molecule has 1 aliphatic heterocycles. The molecule has 2 N–H and O–H groups in total. The number of aryl methyl sites for hydroxylation is 2. The van der Waals surface area contributed by atoms with E-state index in [0.717, 1.165) is 71.2 Å². The van der Waals surface area contributed by atoms with E-state index in [2.05, 4.69) is 23.3 Å². The molecule has 218 valence electrons. The Morgan fingerprint density at radius 2 is 1.88 bits per heavy atom. The van der Waals surface area contributed by atoms with Crippen LogP contribution in [0.1, 0.15) is 52.7 Å². The highest BCUT2D eigenvalue weighted by molar-refractivity contribution is 7.14. The number of carboxylic acids is 1. The molecule has 1 aliphatic carbocycles. The fraction of sp³-hybridized carbons (Fsp3) is 0.469. The van der Waals surface area contributed by atoms with Crippen molar-refractivity contribution in [2.24, 2.45) is 17.8 Å². The first-order valence-corrected chi connectivity index (χ1v) is 15.3. The number of thiazole rings is 1. The summed E-state index contributed by atoms with van der Waals surface area (Å²) in [5.41, 5.74) is 5.50. The summed E-state index contributed by atoms with van der Waals surface area (Å²) < 4.78 is 6.33. The lowest BCUT2D eigenvalue weighted by atomic mass is 9.69. The second kappa shape index (κ2) is 12.6. The van der Waals surface area contributed by atoms with Crippen LogP contribution in [0.15, 0.2) is 41.8 Å². The zero-order valence-corrected chi connectivity index (χ0v) is 24.8. The number of aliphatic hydroxyl groups is 1. The number of benzene rings is 2. The molecule has 0 spiro atoms. The molecule has 2 aliphatic rings. The Kier molecular flexibility index (Phi) is 8.94. The maximum absolute atomic E-state index is 12.7. The summed E-state index contributed by atoms with van der Waals surface area (Å²) in [6.45, 7) is 6.45. The van der Waals surface area contributed by atoms with Crippen molar-refractivity contribution < 1.29 is 24.5 Å². The number of nitrogens with zero attached hydrogens (tertiary/aromatic N) is 3. The van der Waals surface area contributed by atoms with Crippen molar-refractivity contribution in [3.8, 4) is 17.0 Å². The Morgan fingerprint density at radius 1 is 1.12 bits per heavy atom. The number of hydrogen-bond donors (Lipinski definition) is 2. The van der Waals surface area contributed by atoms with E-state index >= 15 is 0 Å². The zero-order chi connectivity index (χ0) is 29.1. The third-order valence-electron chi connectivity index (χ3n) is 8.51. The SMILES string of the molecule is Cc1ccc(OCc2ccc(C(=O)N(C)CCCO)cc2C)c(-c2csc(N3C[C@@H]4CCC[C@@H](C3)C4C(=O)O)n2)c1. The van der Waals surface area contributed by atoms with Gasteiger partial charge in [0.25, 0.3) is 5.91 Å². The number of hydrogen-bond acceptors (Lipinski definition) is 7. The molecule has 2 atom stereocenters. The van der Waals surface area contributed by atoms with Gasteiger partial charge in [0.05, 0.1) is 11.6 Å². The molecule has 2 heterocycles. The van der Waals surface area contributed by atoms with Crippen LogP contribution in [0.4, 0.5) is 5.13 Å². The Bertz CT molecular complexity index is 1390. The van der Waals surface area contributed by atoms with E-state index in [1.165, 1.54) is 0 Å². The van der Waals surface area contributed by atoms with Gasteiger partial charge in [-0.2, -0.15) is 0 Å². The molecular weight excluding hydrogens is 538 g/mol. The van der Waals surface area contributed by atoms with E-state index in [9.17, 15) is 14.7 Å². The Morgan fingerprint density at radius 3 is 2.56 bits per heavy atom. The van der Waals surface area contributed by atoms with Crippen LogP contribution in [0, 0.1) is 31.6 Å². The highest BCUT2D eigenvalue weighted by Gasteiger charge is 2.44. The van der Waals surface area contributed by atoms with Gasteiger partial charge in [-0.3, -0.25) is 9.59 Å². The summed E-state index contributed by atoms with van der Waals surface area (Å²) in [5, 5.41) is 21.8. The van der Waals surface area contributed by atoms with Crippen molar-refractivity contribution in [1.82, 2.24) is 9.88 Å². The third-order valence-corrected chi connectivity index (χ3v) is 9.41. The molecule has 0 unspecified atom stereocenters. The van der Waals surface area contributed by atoms with E-state index in [1.807, 2.05) is 37.3 Å². The minimum Gasteiger partial charge on any atom is -0.488 e. The summed E-state index contributed by atoms with van der Waals surface area (Å²) in [4.78, 5) is 33.5. The van der Waals surface area contributed by atoms with Crippen LogP contribution >= 0.6 is 11.3 Å². The molecule has 2 aromatic carbocycles. The van der Waals surface area contributed by atoms with Gasteiger partial charge >= 0.3 is 5.97 Å². The van der Waals surface area contributed by atoms with E-state index in [4.69, 9.17) is 14.8 Å². The lowest BCUT2D eigenvalue weighted by molar-refractivity contribution is -0.148. The van der Waals surface area contributed by atoms with Crippen LogP contribution in [-0.4, -0.2) is 65.3 Å². The van der Waals surface area contributed by atoms with Gasteiger partial charge in [-0.1, -0.05) is 24.1 Å². The highest BCUT2D eigenvalue weighted by Crippen LogP contribution is 2.43. The van der Waals surface area contributed by atoms with Crippen LogP contribution in [-0.2, 0) is 11.4 Å². The number of carbonyl (C=O) groups is 2. The lowest BCUT2D eigenvalue weighted by Crippen LogP contribution is -2.51. The number of carboxylic acid groups (broad SMARTS) is 1. The van der Waals surface area contributed by atoms with E-state index in [0.29, 0.717) is 25.1 Å². The number of amides is 1. The number of aliphatic hydroxyl groups excluding tert-OH is 1. The number of rotatable bonds is 10. The molecule has 9 heteroatoms. The quantitative estimate of drug-likeness (QED) is 0.333. The van der Waals surface area contributed by atoms with Crippen molar-refractivity contribution in [1.29, 1.82) is 0 Å². The fourth-order valence-corrected chi connectivity index (χ4v) is 7.12. The molecule has 1 saturated carbocycles. The predicted molar refractivity (Wildman–Crippen MR) is 161 cm³/mol. The van der Waals surface area contributed by atoms with Gasteiger partial charge < -0.3 is 24.7 Å². The van der Waals surface area contributed by atoms with Crippen molar-refractivity contribution in [2.45, 2.75) is 46.1 Å². The average Bonchev–Trinajstić information content (AvgIpc) is 3.45. The summed E-state index contributed by atoms with van der Waals surface area (Å²) in [6.07, 6.45) is 3.59. The molecule has 2 fully saturated rings. The number of carbonyl (C=O) groups excluding carboxylic acids is 1. The van der Waals surface area contributed by atoms with Crippen LogP contribution in [0.2, 0.25) is 0 Å². The fourth-order valence-electron chi connectivity index (χ4n) is 6.28. The second-order valence-electron chi connectivity index (χ2n) is 11.5. The van der Waals surface area contributed by atoms with Gasteiger partial charge in [0.15, 0.2) is 5.13 Å². The molecule has 41 heavy (non-hydrogen) atoms. The maximum atomic E-state index is 12.7. The van der Waals surface area contributed by atoms with Gasteiger partial charge in [-0.25, -0.2) is 4.98 Å². The maximum Gasteiger partial charge on any atom is 0.307 e. The van der Waals surface area contributed by atoms with Crippen molar-refractivity contribution in [3.05, 3.63) is 64.0 Å². The molecule has 3 aromatic rings. The molecular formula is C32H39N3O5S. The first kappa shape index (κ1) is 29.1. The monoisotopic (exact) mass is 577 g/mol. The number of aromatic nitrogens is 1. The zero-order valence-electron chi connectivity index (χ0n) is 24.0. The van der Waals surface area contributed by atoms with Crippen molar-refractivity contribution in [3.63, 3.8) is 0 Å². The third kappa shape index (κ3) is 6.41. The highest BCUT2D eigenvalue weighted by atomic mass is 32.1. The van der Waals surface area contributed by atoms with Gasteiger partial charge in [0.1, 0.15) is 12.4 Å². The molecule has 2 bridgehead atoms. The summed E-state index contributed by atoms with van der Waals surface area (Å²) in [5.74, 6) is 0.149. The molecule has 0 radical (unpaired) electrons. The van der Waals surface area contributed by atoms with E-state index in [1.54, 1.807) is 23.3 Å². The smallest absolute Gasteiger partial charge is 0.307 e. The van der Waals surface area contributed by atoms with E-state index in [-0.39, 0.29) is 30.3 Å². The Balaban J connectivity index is 1.30. The van der Waals surface area contributed by atoms with Crippen LogP contribution in [0.5, 0.6) is 5.75 Å². The van der Waals surface area contributed by atoms with Gasteiger partial charge in [-0.15, -0.1) is 11.3 Å². The van der Waals surface area contributed by atoms with Crippen molar-refractivity contribution in [2.75, 3.05) is 38.2 Å². The molecule has 8 nitrogen and oxygen atoms in total. The normalized spacial score (nSPS) is 20.1. The summed E-state index contributed by atoms with van der Waals surface area (Å²) >= 11 is 1.60. The van der Waals surface area contributed by atoms with Crippen LogP contribution in [0.3, 0.4) is 0 Å². The number of anilines is 1. The van der Waals surface area contributed by atoms with Gasteiger partial charge in [0.2, 0.25) is 0 Å². The van der Waals surface area contributed by atoms with Gasteiger partial charge in [-0.05, 0) is 80.3 Å². The van der Waals surface area contributed by atoms with Crippen molar-refractivity contribution >= 4 is 28.3 Å². The first-order valence-electron chi connectivity index (χ1n) is 14.4.